The number of nitrogen functional groups attached to an aromatic ring is 1. The minimum absolute atomic E-state index is 0.158. The monoisotopic (exact) mass is 483 g/mol. The van der Waals surface area contributed by atoms with Crippen LogP contribution in [-0.2, 0) is 19.3 Å². The van der Waals surface area contributed by atoms with Gasteiger partial charge in [0.05, 0.1) is 10.6 Å². The molecule has 0 saturated carbocycles. The zero-order valence-corrected chi connectivity index (χ0v) is 18.7. The summed E-state index contributed by atoms with van der Waals surface area (Å²) >= 11 is 5.73. The molecule has 0 aliphatic rings. The summed E-state index contributed by atoms with van der Waals surface area (Å²) in [4.78, 5) is 10.5. The molecule has 34 heavy (non-hydrogen) atoms. The first kappa shape index (κ1) is 23.4. The average Bonchev–Trinajstić information content (AvgIpc) is 2.82. The van der Waals surface area contributed by atoms with E-state index in [1.165, 1.54) is 18.5 Å². The maximum Gasteiger partial charge on any atom is 0.417 e. The highest BCUT2D eigenvalue weighted by Crippen LogP contribution is 2.37. The second-order valence-electron chi connectivity index (χ2n) is 7.60. The summed E-state index contributed by atoms with van der Waals surface area (Å²) in [6, 6.07) is 23.2. The second-order valence-corrected chi connectivity index (χ2v) is 8.01. The molecule has 9 heteroatoms. The minimum atomic E-state index is -4.58. The van der Waals surface area contributed by atoms with Gasteiger partial charge in [-0.1, -0.05) is 72.3 Å². The summed E-state index contributed by atoms with van der Waals surface area (Å²) in [6.07, 6.45) is -3.25. The molecule has 4 rings (SSSR count). The Balaban J connectivity index is 1.67. The summed E-state index contributed by atoms with van der Waals surface area (Å²) in [5.41, 5.74) is 7.96. The molecule has 1 aromatic heterocycles. The molecule has 174 valence electrons. The van der Waals surface area contributed by atoms with E-state index in [0.717, 1.165) is 17.2 Å². The fourth-order valence-corrected chi connectivity index (χ4v) is 3.73. The number of halogens is 4. The Morgan fingerprint density at radius 2 is 1.44 bits per heavy atom. The van der Waals surface area contributed by atoms with Crippen LogP contribution in [-0.4, -0.2) is 9.97 Å². The van der Waals surface area contributed by atoms with Gasteiger partial charge in [0.25, 0.3) is 0 Å². The van der Waals surface area contributed by atoms with Crippen LogP contribution in [0, 0.1) is 0 Å². The predicted octanol–water partition coefficient (Wildman–Crippen LogP) is 6.68. The first-order chi connectivity index (χ1) is 16.3. The molecule has 0 aliphatic heterocycles. The van der Waals surface area contributed by atoms with E-state index < -0.39 is 11.7 Å². The van der Waals surface area contributed by atoms with E-state index in [1.807, 2.05) is 65.6 Å². The van der Waals surface area contributed by atoms with Crippen molar-refractivity contribution in [2.75, 3.05) is 16.0 Å². The molecule has 0 spiro atoms. The number of alkyl halides is 3. The van der Waals surface area contributed by atoms with Crippen molar-refractivity contribution in [3.63, 3.8) is 0 Å². The quantitative estimate of drug-likeness (QED) is 0.307. The summed E-state index contributed by atoms with van der Waals surface area (Å²) < 4.78 is 39.8. The van der Waals surface area contributed by atoms with Gasteiger partial charge in [-0.2, -0.15) is 13.2 Å². The van der Waals surface area contributed by atoms with E-state index in [0.29, 0.717) is 18.9 Å². The van der Waals surface area contributed by atoms with Gasteiger partial charge in [-0.15, -0.1) is 0 Å². The Bertz CT molecular complexity index is 1210. The molecule has 0 radical (unpaired) electrons. The molecule has 0 bridgehead atoms. The molecule has 0 atom stereocenters. The molecule has 0 aliphatic carbocycles. The van der Waals surface area contributed by atoms with E-state index in [4.69, 9.17) is 17.3 Å². The standard InChI is InChI=1S/C25H21ClF3N5/c26-21-12-11-19(13-20(21)25(27,28)29)33-23-22(30)24(32-16-31-23)34(14-17-7-3-1-4-8-17)15-18-9-5-2-6-10-18/h1-13,16H,14-15,30H2,(H,31,32,33). The van der Waals surface area contributed by atoms with Gasteiger partial charge in [-0.3, -0.25) is 0 Å². The molecule has 5 nitrogen and oxygen atoms in total. The van der Waals surface area contributed by atoms with Gasteiger partial charge in [0.2, 0.25) is 0 Å². The molecule has 0 saturated heterocycles. The number of nitrogens with two attached hydrogens (primary N) is 1. The Kier molecular flexibility index (Phi) is 6.88. The van der Waals surface area contributed by atoms with Crippen LogP contribution in [0.1, 0.15) is 16.7 Å². The topological polar surface area (TPSA) is 67.1 Å². The maximum atomic E-state index is 13.3. The van der Waals surface area contributed by atoms with E-state index in [1.54, 1.807) is 0 Å². The van der Waals surface area contributed by atoms with Crippen LogP contribution < -0.4 is 16.0 Å². The van der Waals surface area contributed by atoms with Crippen LogP contribution in [0.4, 0.5) is 36.2 Å². The number of anilines is 4. The molecule has 0 unspecified atom stereocenters. The smallest absolute Gasteiger partial charge is 0.393 e. The normalized spacial score (nSPS) is 11.3. The van der Waals surface area contributed by atoms with Gasteiger partial charge in [-0.25, -0.2) is 9.97 Å². The number of hydrogen-bond acceptors (Lipinski definition) is 5. The van der Waals surface area contributed by atoms with Crippen LogP contribution in [0.2, 0.25) is 5.02 Å². The number of hydrogen-bond donors (Lipinski definition) is 2. The van der Waals surface area contributed by atoms with Crippen LogP contribution >= 0.6 is 11.6 Å². The van der Waals surface area contributed by atoms with Gasteiger partial charge in [0.1, 0.15) is 12.0 Å². The van der Waals surface area contributed by atoms with Crippen molar-refractivity contribution in [1.82, 2.24) is 9.97 Å². The Hall–Kier alpha value is -3.78. The van der Waals surface area contributed by atoms with Crippen molar-refractivity contribution >= 4 is 34.6 Å². The molecule has 3 aromatic carbocycles. The van der Waals surface area contributed by atoms with E-state index in [2.05, 4.69) is 15.3 Å². The number of nitrogens with one attached hydrogen (secondary N) is 1. The average molecular weight is 484 g/mol. The Morgan fingerprint density at radius 3 is 2.00 bits per heavy atom. The summed E-state index contributed by atoms with van der Waals surface area (Å²) in [6.45, 7) is 1.05. The lowest BCUT2D eigenvalue weighted by molar-refractivity contribution is -0.137. The largest absolute Gasteiger partial charge is 0.417 e. The van der Waals surface area contributed by atoms with Gasteiger partial charge in [0.15, 0.2) is 11.6 Å². The van der Waals surface area contributed by atoms with Gasteiger partial charge < -0.3 is 16.0 Å². The SMILES string of the molecule is Nc1c(Nc2ccc(Cl)c(C(F)(F)F)c2)ncnc1N(Cc1ccccc1)Cc1ccccc1. The highest BCUT2D eigenvalue weighted by Gasteiger charge is 2.33. The molecule has 0 fully saturated rings. The molecule has 0 amide bonds. The van der Waals surface area contributed by atoms with Crippen molar-refractivity contribution in [3.05, 3.63) is 107 Å². The molecular formula is C25H21ClF3N5. The number of benzene rings is 3. The van der Waals surface area contributed by atoms with E-state index >= 15 is 0 Å². The third kappa shape index (κ3) is 5.58. The van der Waals surface area contributed by atoms with Gasteiger partial charge >= 0.3 is 6.18 Å². The predicted molar refractivity (Wildman–Crippen MR) is 129 cm³/mol. The van der Waals surface area contributed by atoms with Gasteiger partial charge in [-0.05, 0) is 29.3 Å². The van der Waals surface area contributed by atoms with E-state index in [-0.39, 0.29) is 22.2 Å². The van der Waals surface area contributed by atoms with Crippen molar-refractivity contribution in [2.24, 2.45) is 0 Å². The fourth-order valence-electron chi connectivity index (χ4n) is 3.51. The van der Waals surface area contributed by atoms with Crippen LogP contribution in [0.15, 0.2) is 85.2 Å². The Labute approximate surface area is 200 Å². The summed E-state index contributed by atoms with van der Waals surface area (Å²) in [5, 5.41) is 2.49. The van der Waals surface area contributed by atoms with Crippen molar-refractivity contribution < 1.29 is 13.2 Å². The van der Waals surface area contributed by atoms with Crippen molar-refractivity contribution in [2.45, 2.75) is 19.3 Å². The third-order valence-electron chi connectivity index (χ3n) is 5.13. The lowest BCUT2D eigenvalue weighted by atomic mass is 10.1. The number of aromatic nitrogens is 2. The van der Waals surface area contributed by atoms with Crippen molar-refractivity contribution in [3.8, 4) is 0 Å². The summed E-state index contributed by atoms with van der Waals surface area (Å²) in [5.74, 6) is 0.668. The lowest BCUT2D eigenvalue weighted by Gasteiger charge is -2.26. The molecule has 3 N–H and O–H groups in total. The zero-order valence-electron chi connectivity index (χ0n) is 17.9. The fraction of sp³-hybridized carbons (Fsp3) is 0.120. The van der Waals surface area contributed by atoms with Crippen LogP contribution in [0.25, 0.3) is 0 Å². The highest BCUT2D eigenvalue weighted by atomic mass is 35.5. The van der Waals surface area contributed by atoms with Crippen molar-refractivity contribution in [1.29, 1.82) is 0 Å². The third-order valence-corrected chi connectivity index (χ3v) is 5.46. The Morgan fingerprint density at radius 1 is 0.853 bits per heavy atom. The minimum Gasteiger partial charge on any atom is -0.393 e. The molecule has 4 aromatic rings. The number of nitrogens with zero attached hydrogens (tertiary/aromatic N) is 3. The first-order valence-corrected chi connectivity index (χ1v) is 10.8. The van der Waals surface area contributed by atoms with Crippen LogP contribution in [0.5, 0.6) is 0 Å². The second kappa shape index (κ2) is 10.0. The maximum absolute atomic E-state index is 13.3. The highest BCUT2D eigenvalue weighted by molar-refractivity contribution is 6.31. The molecular weight excluding hydrogens is 463 g/mol. The number of rotatable bonds is 7. The van der Waals surface area contributed by atoms with Gasteiger partial charge in [0, 0.05) is 18.8 Å². The lowest BCUT2D eigenvalue weighted by Crippen LogP contribution is -2.24. The molecule has 1 heterocycles. The first-order valence-electron chi connectivity index (χ1n) is 10.4. The van der Waals surface area contributed by atoms with E-state index in [9.17, 15) is 13.2 Å². The van der Waals surface area contributed by atoms with Crippen LogP contribution in [0.3, 0.4) is 0 Å². The summed E-state index contributed by atoms with van der Waals surface area (Å²) in [7, 11) is 0. The zero-order chi connectivity index (χ0) is 24.1.